The Morgan fingerprint density at radius 1 is 1.41 bits per heavy atom. The maximum absolute atomic E-state index is 11.4. The van der Waals surface area contributed by atoms with Crippen LogP contribution in [0.1, 0.15) is 6.92 Å². The summed E-state index contributed by atoms with van der Waals surface area (Å²) in [4.78, 5) is 36.8. The lowest BCUT2D eigenvalue weighted by Crippen LogP contribution is -2.48. The average molecular weight is 241 g/mol. The quantitative estimate of drug-likeness (QED) is 0.495. The van der Waals surface area contributed by atoms with E-state index in [9.17, 15) is 14.4 Å². The molecule has 2 heterocycles. The van der Waals surface area contributed by atoms with E-state index >= 15 is 0 Å². The van der Waals surface area contributed by atoms with Gasteiger partial charge in [0.05, 0.1) is 19.3 Å². The molecule has 94 valence electrons. The lowest BCUT2D eigenvalue weighted by Gasteiger charge is -2.33. The molecule has 0 aromatic carbocycles. The lowest BCUT2D eigenvalue weighted by molar-refractivity contribution is -0.141. The van der Waals surface area contributed by atoms with Crippen LogP contribution in [0.4, 0.5) is 4.79 Å². The number of carbonyl (C=O) groups is 3. The number of nitrogens with one attached hydrogen (secondary N) is 1. The molecule has 0 aromatic rings. The fourth-order valence-corrected chi connectivity index (χ4v) is 1.98. The molecule has 0 saturated carbocycles. The smallest absolute Gasteiger partial charge is 0.331 e. The minimum absolute atomic E-state index is 0.132. The Balaban J connectivity index is 1.94. The van der Waals surface area contributed by atoms with E-state index in [0.717, 1.165) is 18.0 Å². The summed E-state index contributed by atoms with van der Waals surface area (Å²) in [7, 11) is 0. The summed E-state index contributed by atoms with van der Waals surface area (Å²) in [6.07, 6.45) is -0.218. The molecule has 0 aliphatic carbocycles. The number of hydrogen-bond donors (Lipinski definition) is 1. The van der Waals surface area contributed by atoms with Crippen molar-refractivity contribution in [3.05, 3.63) is 0 Å². The highest BCUT2D eigenvalue weighted by molar-refractivity contribution is 6.44. The Bertz CT molecular complexity index is 357. The van der Waals surface area contributed by atoms with Crippen LogP contribution in [0.2, 0.25) is 0 Å². The number of amides is 4. The molecule has 1 unspecified atom stereocenters. The molecule has 0 aromatic heterocycles. The SMILES string of the molecule is CCN1CCOC(CN2C(=O)NC(=O)C2=O)C1. The molecule has 1 atom stereocenters. The van der Waals surface area contributed by atoms with Crippen molar-refractivity contribution in [1.82, 2.24) is 15.1 Å². The van der Waals surface area contributed by atoms with Crippen LogP contribution in [0.25, 0.3) is 0 Å². The molecular formula is C10H15N3O4. The second-order valence-electron chi connectivity index (χ2n) is 4.06. The van der Waals surface area contributed by atoms with Gasteiger partial charge < -0.3 is 4.74 Å². The van der Waals surface area contributed by atoms with Crippen LogP contribution < -0.4 is 5.32 Å². The third kappa shape index (κ3) is 2.45. The Morgan fingerprint density at radius 2 is 2.18 bits per heavy atom. The van der Waals surface area contributed by atoms with Crippen LogP contribution in [-0.4, -0.2) is 66.5 Å². The first-order valence-corrected chi connectivity index (χ1v) is 5.62. The minimum atomic E-state index is -0.863. The number of likely N-dealkylation sites (N-methyl/N-ethyl adjacent to an activating group) is 1. The van der Waals surface area contributed by atoms with Crippen molar-refractivity contribution in [1.29, 1.82) is 0 Å². The van der Waals surface area contributed by atoms with Crippen LogP contribution in [0.15, 0.2) is 0 Å². The molecule has 1 N–H and O–H groups in total. The molecule has 0 spiro atoms. The van der Waals surface area contributed by atoms with Crippen molar-refractivity contribution in [3.8, 4) is 0 Å². The van der Waals surface area contributed by atoms with Crippen LogP contribution in [0.5, 0.6) is 0 Å². The molecule has 0 bridgehead atoms. The molecule has 7 heteroatoms. The van der Waals surface area contributed by atoms with Gasteiger partial charge in [0, 0.05) is 13.1 Å². The van der Waals surface area contributed by atoms with E-state index in [-0.39, 0.29) is 12.6 Å². The zero-order valence-corrected chi connectivity index (χ0v) is 9.64. The van der Waals surface area contributed by atoms with E-state index in [4.69, 9.17) is 4.74 Å². The summed E-state index contributed by atoms with van der Waals surface area (Å²) < 4.78 is 5.48. The van der Waals surface area contributed by atoms with Crippen LogP contribution in [0.3, 0.4) is 0 Å². The van der Waals surface area contributed by atoms with E-state index in [1.165, 1.54) is 0 Å². The molecule has 4 amide bonds. The number of carbonyl (C=O) groups excluding carboxylic acids is 3. The molecule has 2 aliphatic heterocycles. The summed E-state index contributed by atoms with van der Waals surface area (Å²) >= 11 is 0. The topological polar surface area (TPSA) is 79.0 Å². The highest BCUT2D eigenvalue weighted by Gasteiger charge is 2.38. The molecule has 7 nitrogen and oxygen atoms in total. The largest absolute Gasteiger partial charge is 0.374 e. The first kappa shape index (κ1) is 12.0. The Kier molecular flexibility index (Phi) is 3.39. The van der Waals surface area contributed by atoms with Crippen LogP contribution in [0, 0.1) is 0 Å². The van der Waals surface area contributed by atoms with Gasteiger partial charge in [-0.2, -0.15) is 0 Å². The van der Waals surface area contributed by atoms with Crippen molar-refractivity contribution in [2.45, 2.75) is 13.0 Å². The molecule has 2 saturated heterocycles. The monoisotopic (exact) mass is 241 g/mol. The van der Waals surface area contributed by atoms with E-state index in [0.29, 0.717) is 13.2 Å². The van der Waals surface area contributed by atoms with Crippen molar-refractivity contribution >= 4 is 17.8 Å². The first-order chi connectivity index (χ1) is 8.11. The van der Waals surface area contributed by atoms with Crippen molar-refractivity contribution in [2.24, 2.45) is 0 Å². The molecule has 2 rings (SSSR count). The predicted molar refractivity (Wildman–Crippen MR) is 57.1 cm³/mol. The van der Waals surface area contributed by atoms with Gasteiger partial charge in [-0.15, -0.1) is 0 Å². The zero-order chi connectivity index (χ0) is 12.4. The van der Waals surface area contributed by atoms with Crippen LogP contribution >= 0.6 is 0 Å². The lowest BCUT2D eigenvalue weighted by atomic mass is 10.2. The van der Waals surface area contributed by atoms with Gasteiger partial charge in [-0.3, -0.25) is 24.7 Å². The maximum atomic E-state index is 11.4. The maximum Gasteiger partial charge on any atom is 0.331 e. The van der Waals surface area contributed by atoms with Gasteiger partial charge in [-0.05, 0) is 6.54 Å². The summed E-state index contributed by atoms with van der Waals surface area (Å²) in [6, 6.07) is -0.655. The number of urea groups is 1. The highest BCUT2D eigenvalue weighted by atomic mass is 16.5. The second kappa shape index (κ2) is 4.80. The molecular weight excluding hydrogens is 226 g/mol. The summed E-state index contributed by atoms with van der Waals surface area (Å²) in [5, 5.41) is 1.96. The molecule has 0 radical (unpaired) electrons. The van der Waals surface area contributed by atoms with Crippen molar-refractivity contribution < 1.29 is 19.1 Å². The van der Waals surface area contributed by atoms with E-state index in [1.54, 1.807) is 0 Å². The normalized spacial score (nSPS) is 26.5. The fourth-order valence-electron chi connectivity index (χ4n) is 1.98. The third-order valence-corrected chi connectivity index (χ3v) is 2.96. The Morgan fingerprint density at radius 3 is 2.76 bits per heavy atom. The highest BCUT2D eigenvalue weighted by Crippen LogP contribution is 2.09. The van der Waals surface area contributed by atoms with E-state index < -0.39 is 17.8 Å². The van der Waals surface area contributed by atoms with Gasteiger partial charge in [0.2, 0.25) is 0 Å². The predicted octanol–water partition coefficient (Wildman–Crippen LogP) is -1.21. The van der Waals surface area contributed by atoms with Crippen LogP contribution in [-0.2, 0) is 14.3 Å². The molecule has 2 aliphatic rings. The third-order valence-electron chi connectivity index (χ3n) is 2.96. The van der Waals surface area contributed by atoms with Crippen molar-refractivity contribution in [2.75, 3.05) is 32.8 Å². The number of rotatable bonds is 3. The summed E-state index contributed by atoms with van der Waals surface area (Å²) in [6.45, 7) is 5.18. The Labute approximate surface area is 98.7 Å². The van der Waals surface area contributed by atoms with E-state index in [2.05, 4.69) is 4.90 Å². The van der Waals surface area contributed by atoms with Gasteiger partial charge in [0.15, 0.2) is 0 Å². The first-order valence-electron chi connectivity index (χ1n) is 5.62. The number of imide groups is 2. The van der Waals surface area contributed by atoms with Gasteiger partial charge in [-0.25, -0.2) is 4.79 Å². The Hall–Kier alpha value is -1.47. The molecule has 2 fully saturated rings. The molecule has 17 heavy (non-hydrogen) atoms. The van der Waals surface area contributed by atoms with Gasteiger partial charge in [0.25, 0.3) is 0 Å². The average Bonchev–Trinajstić information content (AvgIpc) is 2.56. The number of nitrogens with zero attached hydrogens (tertiary/aromatic N) is 2. The fraction of sp³-hybridized carbons (Fsp3) is 0.700. The second-order valence-corrected chi connectivity index (χ2v) is 4.06. The summed E-state index contributed by atoms with van der Waals surface area (Å²) in [5.41, 5.74) is 0. The summed E-state index contributed by atoms with van der Waals surface area (Å²) in [5.74, 6) is -1.66. The van der Waals surface area contributed by atoms with Gasteiger partial charge in [0.1, 0.15) is 0 Å². The minimum Gasteiger partial charge on any atom is -0.374 e. The standard InChI is InChI=1S/C10H15N3O4/c1-2-12-3-4-17-7(5-12)6-13-9(15)8(14)11-10(13)16/h7H,2-6H2,1H3,(H,11,14,16). The van der Waals surface area contributed by atoms with E-state index in [1.807, 2.05) is 12.2 Å². The zero-order valence-electron chi connectivity index (χ0n) is 9.64. The van der Waals surface area contributed by atoms with Gasteiger partial charge >= 0.3 is 17.8 Å². The van der Waals surface area contributed by atoms with Gasteiger partial charge in [-0.1, -0.05) is 6.92 Å². The van der Waals surface area contributed by atoms with Crippen molar-refractivity contribution in [3.63, 3.8) is 0 Å². The number of morpholine rings is 1. The number of hydrogen-bond acceptors (Lipinski definition) is 5. The number of ether oxygens (including phenoxy) is 1.